The molecule has 0 aliphatic rings. The van der Waals surface area contributed by atoms with Gasteiger partial charge in [-0.2, -0.15) is 4.98 Å². The molecule has 0 saturated carbocycles. The molecular formula is C8H10N6O. The Bertz CT molecular complexity index is 531. The maximum absolute atomic E-state index is 11.2. The van der Waals surface area contributed by atoms with E-state index in [4.69, 9.17) is 5.84 Å². The molecular weight excluding hydrogens is 196 g/mol. The highest BCUT2D eigenvalue weighted by Gasteiger charge is 2.13. The Morgan fingerprint density at radius 2 is 2.20 bits per heavy atom. The minimum absolute atomic E-state index is 0.0127. The smallest absolute Gasteiger partial charge is 0.287 e. The fraction of sp³-hybridized carbons (Fsp3) is 0.250. The third kappa shape index (κ3) is 1.52. The molecule has 0 aromatic carbocycles. The molecule has 0 spiro atoms. The second-order valence-electron chi connectivity index (χ2n) is 3.16. The Morgan fingerprint density at radius 1 is 1.47 bits per heavy atom. The van der Waals surface area contributed by atoms with Crippen molar-refractivity contribution < 1.29 is 4.79 Å². The first-order valence-electron chi connectivity index (χ1n) is 4.34. The highest BCUT2D eigenvalue weighted by Crippen LogP contribution is 2.04. The average molecular weight is 206 g/mol. The summed E-state index contributed by atoms with van der Waals surface area (Å²) in [5, 5.41) is 3.98. The van der Waals surface area contributed by atoms with Crippen LogP contribution in [0.1, 0.15) is 22.0 Å². The van der Waals surface area contributed by atoms with Crippen LogP contribution in [0.5, 0.6) is 0 Å². The molecule has 0 radical (unpaired) electrons. The van der Waals surface area contributed by atoms with Gasteiger partial charge in [-0.1, -0.05) is 0 Å². The monoisotopic (exact) mass is 206 g/mol. The van der Waals surface area contributed by atoms with Gasteiger partial charge in [0.2, 0.25) is 5.82 Å². The van der Waals surface area contributed by atoms with Gasteiger partial charge in [-0.05, 0) is 19.9 Å². The van der Waals surface area contributed by atoms with E-state index in [0.717, 1.165) is 11.4 Å². The van der Waals surface area contributed by atoms with Crippen molar-refractivity contribution in [2.24, 2.45) is 5.84 Å². The Kier molecular flexibility index (Phi) is 2.09. The molecule has 15 heavy (non-hydrogen) atoms. The maximum atomic E-state index is 11.2. The van der Waals surface area contributed by atoms with Crippen LogP contribution in [0.3, 0.4) is 0 Å². The fourth-order valence-corrected chi connectivity index (χ4v) is 1.33. The number of nitrogens with two attached hydrogens (primary N) is 1. The standard InChI is InChI=1S/C8H10N6O/c1-4-3-5(2)14-8(10-4)11-6(13-14)7(15)12-9/h3H,9H2,1-2H3,(H,12,15). The number of hydrogen-bond acceptors (Lipinski definition) is 5. The normalized spacial score (nSPS) is 10.6. The van der Waals surface area contributed by atoms with Gasteiger partial charge in [0.25, 0.3) is 5.78 Å². The van der Waals surface area contributed by atoms with E-state index in [2.05, 4.69) is 15.1 Å². The zero-order valence-electron chi connectivity index (χ0n) is 8.35. The summed E-state index contributed by atoms with van der Waals surface area (Å²) in [6.07, 6.45) is 0. The second-order valence-corrected chi connectivity index (χ2v) is 3.16. The predicted molar refractivity (Wildman–Crippen MR) is 51.9 cm³/mol. The zero-order valence-corrected chi connectivity index (χ0v) is 8.35. The molecule has 0 unspecified atom stereocenters. The topological polar surface area (TPSA) is 98.2 Å². The molecule has 3 N–H and O–H groups in total. The Morgan fingerprint density at radius 3 is 2.87 bits per heavy atom. The predicted octanol–water partition coefficient (Wildman–Crippen LogP) is -0.655. The van der Waals surface area contributed by atoms with Crippen molar-refractivity contribution in [3.05, 3.63) is 23.3 Å². The third-order valence-electron chi connectivity index (χ3n) is 1.95. The zero-order chi connectivity index (χ0) is 11.0. The molecule has 7 nitrogen and oxygen atoms in total. The van der Waals surface area contributed by atoms with Crippen LogP contribution >= 0.6 is 0 Å². The number of amides is 1. The molecule has 0 bridgehead atoms. The lowest BCUT2D eigenvalue weighted by Gasteiger charge is -1.97. The molecule has 1 amide bonds. The molecule has 0 aliphatic carbocycles. The quantitative estimate of drug-likeness (QED) is 0.367. The van der Waals surface area contributed by atoms with Gasteiger partial charge in [0, 0.05) is 11.4 Å². The minimum Gasteiger partial charge on any atom is -0.287 e. The number of aryl methyl sites for hydroxylation is 2. The van der Waals surface area contributed by atoms with Crippen molar-refractivity contribution in [1.29, 1.82) is 0 Å². The number of carbonyl (C=O) groups is 1. The average Bonchev–Trinajstić information content (AvgIpc) is 2.60. The lowest BCUT2D eigenvalue weighted by molar-refractivity contribution is 0.0943. The van der Waals surface area contributed by atoms with Gasteiger partial charge in [-0.15, -0.1) is 5.10 Å². The van der Waals surface area contributed by atoms with Crippen molar-refractivity contribution in [2.75, 3.05) is 0 Å². The van der Waals surface area contributed by atoms with Crippen LogP contribution in [0.25, 0.3) is 5.78 Å². The van der Waals surface area contributed by atoms with Crippen LogP contribution < -0.4 is 11.3 Å². The van der Waals surface area contributed by atoms with E-state index in [9.17, 15) is 4.79 Å². The number of hydrazine groups is 1. The Balaban J connectivity index is 2.65. The van der Waals surface area contributed by atoms with Crippen molar-refractivity contribution in [3.8, 4) is 0 Å². The lowest BCUT2D eigenvalue weighted by atomic mass is 10.4. The highest BCUT2D eigenvalue weighted by atomic mass is 16.2. The van der Waals surface area contributed by atoms with Crippen molar-refractivity contribution in [2.45, 2.75) is 13.8 Å². The van der Waals surface area contributed by atoms with Crippen LogP contribution in [0.4, 0.5) is 0 Å². The van der Waals surface area contributed by atoms with Gasteiger partial charge in [0.1, 0.15) is 0 Å². The SMILES string of the molecule is Cc1cc(C)n2nc(C(=O)NN)nc2n1. The van der Waals surface area contributed by atoms with Gasteiger partial charge in [0.15, 0.2) is 0 Å². The Labute approximate surface area is 85.3 Å². The van der Waals surface area contributed by atoms with E-state index >= 15 is 0 Å². The minimum atomic E-state index is -0.530. The number of aromatic nitrogens is 4. The number of nitrogens with one attached hydrogen (secondary N) is 1. The van der Waals surface area contributed by atoms with Crippen LogP contribution in [-0.2, 0) is 0 Å². The van der Waals surface area contributed by atoms with Crippen LogP contribution in [0.15, 0.2) is 6.07 Å². The molecule has 7 heteroatoms. The maximum Gasteiger partial charge on any atom is 0.304 e. The van der Waals surface area contributed by atoms with E-state index in [-0.39, 0.29) is 5.82 Å². The van der Waals surface area contributed by atoms with Gasteiger partial charge < -0.3 is 0 Å². The molecule has 2 aromatic rings. The van der Waals surface area contributed by atoms with Gasteiger partial charge in [-0.25, -0.2) is 15.3 Å². The highest BCUT2D eigenvalue weighted by molar-refractivity contribution is 5.90. The van der Waals surface area contributed by atoms with Gasteiger partial charge in [0.05, 0.1) is 0 Å². The summed E-state index contributed by atoms with van der Waals surface area (Å²) in [7, 11) is 0. The molecule has 0 saturated heterocycles. The van der Waals surface area contributed by atoms with Crippen molar-refractivity contribution in [1.82, 2.24) is 25.0 Å². The first kappa shape index (κ1) is 9.53. The van der Waals surface area contributed by atoms with Gasteiger partial charge >= 0.3 is 5.91 Å². The first-order chi connectivity index (χ1) is 7.11. The first-order valence-corrected chi connectivity index (χ1v) is 4.34. The number of nitrogen functional groups attached to an aromatic ring is 1. The Hall–Kier alpha value is -2.02. The molecule has 0 fully saturated rings. The van der Waals surface area contributed by atoms with E-state index in [1.54, 1.807) is 0 Å². The van der Waals surface area contributed by atoms with Crippen molar-refractivity contribution in [3.63, 3.8) is 0 Å². The summed E-state index contributed by atoms with van der Waals surface area (Å²) in [6.45, 7) is 3.71. The van der Waals surface area contributed by atoms with E-state index in [1.165, 1.54) is 4.52 Å². The summed E-state index contributed by atoms with van der Waals surface area (Å²) in [4.78, 5) is 19.3. The number of rotatable bonds is 1. The second kappa shape index (κ2) is 3.28. The molecule has 2 aromatic heterocycles. The molecule has 78 valence electrons. The number of hydrogen-bond donors (Lipinski definition) is 2. The van der Waals surface area contributed by atoms with E-state index in [1.807, 2.05) is 25.3 Å². The summed E-state index contributed by atoms with van der Waals surface area (Å²) in [5.41, 5.74) is 3.66. The number of nitrogens with zero attached hydrogens (tertiary/aromatic N) is 4. The van der Waals surface area contributed by atoms with Gasteiger partial charge in [-0.3, -0.25) is 10.2 Å². The van der Waals surface area contributed by atoms with Crippen LogP contribution in [0.2, 0.25) is 0 Å². The molecule has 0 atom stereocenters. The lowest BCUT2D eigenvalue weighted by Crippen LogP contribution is -2.30. The largest absolute Gasteiger partial charge is 0.304 e. The summed E-state index contributed by atoms with van der Waals surface area (Å²) < 4.78 is 1.50. The number of fused-ring (bicyclic) bond motifs is 1. The summed E-state index contributed by atoms with van der Waals surface area (Å²) in [6, 6.07) is 1.85. The molecule has 2 rings (SSSR count). The summed E-state index contributed by atoms with van der Waals surface area (Å²) in [5.74, 6) is 4.86. The van der Waals surface area contributed by atoms with Crippen LogP contribution in [0, 0.1) is 13.8 Å². The van der Waals surface area contributed by atoms with E-state index < -0.39 is 5.91 Å². The summed E-state index contributed by atoms with van der Waals surface area (Å²) >= 11 is 0. The van der Waals surface area contributed by atoms with Crippen LogP contribution in [-0.4, -0.2) is 25.5 Å². The number of carbonyl (C=O) groups excluding carboxylic acids is 1. The van der Waals surface area contributed by atoms with E-state index in [0.29, 0.717) is 5.78 Å². The van der Waals surface area contributed by atoms with Crippen molar-refractivity contribution >= 4 is 11.7 Å². The molecule has 0 aliphatic heterocycles. The molecule has 2 heterocycles. The fourth-order valence-electron chi connectivity index (χ4n) is 1.33. The third-order valence-corrected chi connectivity index (χ3v) is 1.95.